The van der Waals surface area contributed by atoms with Gasteiger partial charge in [0, 0.05) is 18.2 Å². The molecule has 3 rings (SSSR count). The molecule has 1 aromatic carbocycles. The van der Waals surface area contributed by atoms with Crippen molar-refractivity contribution >= 4 is 34.0 Å². The molecule has 0 aliphatic heterocycles. The minimum Gasteiger partial charge on any atom is -0.375 e. The molecule has 5 nitrogen and oxygen atoms in total. The molecule has 0 spiro atoms. The fourth-order valence-electron chi connectivity index (χ4n) is 1.95. The third-order valence-corrected chi connectivity index (χ3v) is 5.18. The largest absolute Gasteiger partial charge is 0.375 e. The Labute approximate surface area is 135 Å². The van der Waals surface area contributed by atoms with Gasteiger partial charge < -0.3 is 9.72 Å². The molecule has 2 aromatic heterocycles. The van der Waals surface area contributed by atoms with E-state index in [0.29, 0.717) is 21.8 Å². The Morgan fingerprint density at radius 2 is 2.18 bits per heavy atom. The number of H-pyrrole nitrogens is 1. The van der Waals surface area contributed by atoms with E-state index in [1.54, 1.807) is 24.5 Å². The number of aromatic nitrogens is 3. The fraction of sp³-hybridized carbons (Fsp3) is 0.267. The van der Waals surface area contributed by atoms with Crippen molar-refractivity contribution in [3.05, 3.63) is 50.7 Å². The molecule has 0 saturated heterocycles. The van der Waals surface area contributed by atoms with Crippen molar-refractivity contribution in [3.8, 4) is 0 Å². The number of thiazole rings is 1. The average Bonchev–Trinajstić information content (AvgIpc) is 3.01. The molecule has 0 aliphatic rings. The van der Waals surface area contributed by atoms with Crippen LogP contribution in [0.2, 0.25) is 0 Å². The summed E-state index contributed by atoms with van der Waals surface area (Å²) in [5, 5.41) is 4.18. The maximum absolute atomic E-state index is 12.0. The molecule has 114 valence electrons. The number of thioether (sulfide) groups is 1. The SMILES string of the molecule is COC(C)c1nc(CSc2nc3ccccc3c(=O)[nH]2)cs1. The van der Waals surface area contributed by atoms with E-state index in [0.717, 1.165) is 10.7 Å². The summed E-state index contributed by atoms with van der Waals surface area (Å²) in [5.74, 6) is 0.661. The zero-order valence-electron chi connectivity index (χ0n) is 12.2. The van der Waals surface area contributed by atoms with Crippen molar-refractivity contribution in [2.24, 2.45) is 0 Å². The average molecular weight is 333 g/mol. The highest BCUT2D eigenvalue weighted by Gasteiger charge is 2.10. The Bertz CT molecular complexity index is 844. The van der Waals surface area contributed by atoms with Gasteiger partial charge in [0.05, 0.1) is 16.6 Å². The lowest BCUT2D eigenvalue weighted by molar-refractivity contribution is 0.119. The van der Waals surface area contributed by atoms with Gasteiger partial charge in [-0.3, -0.25) is 4.79 Å². The Hall–Kier alpha value is -1.70. The van der Waals surface area contributed by atoms with E-state index < -0.39 is 0 Å². The Morgan fingerprint density at radius 3 is 3.00 bits per heavy atom. The Balaban J connectivity index is 1.76. The summed E-state index contributed by atoms with van der Waals surface area (Å²) < 4.78 is 5.26. The van der Waals surface area contributed by atoms with Gasteiger partial charge in [0.25, 0.3) is 5.56 Å². The zero-order valence-corrected chi connectivity index (χ0v) is 13.8. The van der Waals surface area contributed by atoms with Crippen molar-refractivity contribution in [2.75, 3.05) is 7.11 Å². The van der Waals surface area contributed by atoms with E-state index in [4.69, 9.17) is 4.74 Å². The molecule has 3 aromatic rings. The first-order chi connectivity index (χ1) is 10.7. The summed E-state index contributed by atoms with van der Waals surface area (Å²) >= 11 is 3.05. The maximum atomic E-state index is 12.0. The lowest BCUT2D eigenvalue weighted by Gasteiger charge is -2.04. The highest BCUT2D eigenvalue weighted by atomic mass is 32.2. The van der Waals surface area contributed by atoms with E-state index >= 15 is 0 Å². The van der Waals surface area contributed by atoms with E-state index in [1.165, 1.54) is 11.8 Å². The molecule has 7 heteroatoms. The molecular formula is C15H15N3O2S2. The van der Waals surface area contributed by atoms with E-state index in [-0.39, 0.29) is 11.7 Å². The number of ether oxygens (including phenoxy) is 1. The molecule has 0 radical (unpaired) electrons. The van der Waals surface area contributed by atoms with Crippen molar-refractivity contribution in [1.29, 1.82) is 0 Å². The summed E-state index contributed by atoms with van der Waals surface area (Å²) in [5.41, 5.74) is 1.56. The predicted molar refractivity (Wildman–Crippen MR) is 89.5 cm³/mol. The van der Waals surface area contributed by atoms with Crippen LogP contribution < -0.4 is 5.56 Å². The van der Waals surface area contributed by atoms with Crippen molar-refractivity contribution < 1.29 is 4.74 Å². The highest BCUT2D eigenvalue weighted by Crippen LogP contribution is 2.24. The van der Waals surface area contributed by atoms with Crippen molar-refractivity contribution in [2.45, 2.75) is 23.9 Å². The molecule has 1 atom stereocenters. The summed E-state index contributed by atoms with van der Waals surface area (Å²) in [4.78, 5) is 23.8. The van der Waals surface area contributed by atoms with Gasteiger partial charge in [-0.15, -0.1) is 11.3 Å². The third kappa shape index (κ3) is 3.21. The minimum atomic E-state index is -0.111. The van der Waals surface area contributed by atoms with Crippen molar-refractivity contribution in [3.63, 3.8) is 0 Å². The van der Waals surface area contributed by atoms with Crippen LogP contribution in [0.15, 0.2) is 39.6 Å². The molecule has 0 saturated carbocycles. The van der Waals surface area contributed by atoms with Crippen LogP contribution in [0, 0.1) is 0 Å². The second kappa shape index (κ2) is 6.60. The smallest absolute Gasteiger partial charge is 0.259 e. The fourth-order valence-corrected chi connectivity index (χ4v) is 3.67. The standard InChI is InChI=1S/C15H15N3O2S2/c1-9(20-2)14-16-10(7-21-14)8-22-15-17-12-6-4-3-5-11(12)13(19)18-15/h3-7,9H,8H2,1-2H3,(H,17,18,19). The normalized spacial score (nSPS) is 12.6. The van der Waals surface area contributed by atoms with Gasteiger partial charge in [0.1, 0.15) is 11.1 Å². The van der Waals surface area contributed by atoms with Crippen LogP contribution in [0.25, 0.3) is 10.9 Å². The second-order valence-corrected chi connectivity index (χ2v) is 6.59. The summed E-state index contributed by atoms with van der Waals surface area (Å²) in [7, 11) is 1.67. The molecule has 0 bridgehead atoms. The zero-order chi connectivity index (χ0) is 15.5. The second-order valence-electron chi connectivity index (χ2n) is 4.73. The number of aromatic amines is 1. The first-order valence-electron chi connectivity index (χ1n) is 6.76. The lowest BCUT2D eigenvalue weighted by Crippen LogP contribution is -2.08. The summed E-state index contributed by atoms with van der Waals surface area (Å²) in [6.07, 6.45) is 0.00218. The quantitative estimate of drug-likeness (QED) is 0.573. The number of fused-ring (bicyclic) bond motifs is 1. The van der Waals surface area contributed by atoms with Gasteiger partial charge in [-0.1, -0.05) is 23.9 Å². The van der Waals surface area contributed by atoms with Gasteiger partial charge in [-0.25, -0.2) is 9.97 Å². The van der Waals surface area contributed by atoms with Crippen LogP contribution in [0.5, 0.6) is 0 Å². The van der Waals surface area contributed by atoms with Gasteiger partial charge in [0.2, 0.25) is 0 Å². The van der Waals surface area contributed by atoms with E-state index in [2.05, 4.69) is 15.0 Å². The molecule has 0 amide bonds. The van der Waals surface area contributed by atoms with Crippen LogP contribution >= 0.6 is 23.1 Å². The highest BCUT2D eigenvalue weighted by molar-refractivity contribution is 7.98. The van der Waals surface area contributed by atoms with Gasteiger partial charge >= 0.3 is 0 Å². The van der Waals surface area contributed by atoms with Crippen molar-refractivity contribution in [1.82, 2.24) is 15.0 Å². The molecule has 22 heavy (non-hydrogen) atoms. The lowest BCUT2D eigenvalue weighted by atomic mass is 10.2. The Morgan fingerprint density at radius 1 is 1.36 bits per heavy atom. The van der Waals surface area contributed by atoms with Gasteiger partial charge in [-0.05, 0) is 19.1 Å². The van der Waals surface area contributed by atoms with Crippen LogP contribution in [0.3, 0.4) is 0 Å². The number of rotatable bonds is 5. The molecule has 1 unspecified atom stereocenters. The minimum absolute atomic E-state index is 0.00218. The number of methoxy groups -OCH3 is 1. The number of nitrogens with zero attached hydrogens (tertiary/aromatic N) is 2. The maximum Gasteiger partial charge on any atom is 0.259 e. The monoisotopic (exact) mass is 333 g/mol. The number of nitrogens with one attached hydrogen (secondary N) is 1. The van der Waals surface area contributed by atoms with Crippen LogP contribution in [-0.4, -0.2) is 22.1 Å². The molecule has 0 aliphatic carbocycles. The molecular weight excluding hydrogens is 318 g/mol. The number of benzene rings is 1. The first kappa shape index (κ1) is 15.2. The molecule has 0 fully saturated rings. The molecule has 1 N–H and O–H groups in total. The Kier molecular flexibility index (Phi) is 4.56. The van der Waals surface area contributed by atoms with Crippen LogP contribution in [0.1, 0.15) is 23.7 Å². The number of hydrogen-bond acceptors (Lipinski definition) is 6. The topological polar surface area (TPSA) is 67.9 Å². The van der Waals surface area contributed by atoms with Gasteiger partial charge in [0.15, 0.2) is 5.16 Å². The molecule has 2 heterocycles. The third-order valence-electron chi connectivity index (χ3n) is 3.22. The van der Waals surface area contributed by atoms with Crippen LogP contribution in [0.4, 0.5) is 0 Å². The number of hydrogen-bond donors (Lipinski definition) is 1. The predicted octanol–water partition coefficient (Wildman–Crippen LogP) is 3.38. The van der Waals surface area contributed by atoms with E-state index in [9.17, 15) is 4.79 Å². The van der Waals surface area contributed by atoms with Crippen LogP contribution in [-0.2, 0) is 10.5 Å². The summed E-state index contributed by atoms with van der Waals surface area (Å²) in [6, 6.07) is 7.33. The number of para-hydroxylation sites is 1. The van der Waals surface area contributed by atoms with E-state index in [1.807, 2.05) is 30.5 Å². The first-order valence-corrected chi connectivity index (χ1v) is 8.63. The van der Waals surface area contributed by atoms with Gasteiger partial charge in [-0.2, -0.15) is 0 Å². The summed E-state index contributed by atoms with van der Waals surface area (Å²) in [6.45, 7) is 1.97.